The van der Waals surface area contributed by atoms with Gasteiger partial charge in [0.15, 0.2) is 6.61 Å². The van der Waals surface area contributed by atoms with Crippen molar-refractivity contribution in [1.82, 2.24) is 10.0 Å². The van der Waals surface area contributed by atoms with Gasteiger partial charge in [-0.2, -0.15) is 0 Å². The average molecular weight is 435 g/mol. The summed E-state index contributed by atoms with van der Waals surface area (Å²) in [7, 11) is -1.99. The maximum absolute atomic E-state index is 12.3. The molecule has 0 bridgehead atoms. The summed E-state index contributed by atoms with van der Waals surface area (Å²) in [6, 6.07) is 11.8. The summed E-state index contributed by atoms with van der Waals surface area (Å²) < 4.78 is 38.2. The number of nitrogens with one attached hydrogen (secondary N) is 2. The summed E-state index contributed by atoms with van der Waals surface area (Å²) in [4.78, 5) is 12.5. The Morgan fingerprint density at radius 1 is 1.07 bits per heavy atom. The molecule has 7 nitrogen and oxygen atoms in total. The Labute approximate surface area is 178 Å². The Balaban J connectivity index is 1.98. The fourth-order valence-electron chi connectivity index (χ4n) is 2.84. The van der Waals surface area contributed by atoms with Crippen LogP contribution in [0.25, 0.3) is 0 Å². The van der Waals surface area contributed by atoms with Crippen molar-refractivity contribution >= 4 is 15.9 Å². The molecule has 30 heavy (non-hydrogen) atoms. The van der Waals surface area contributed by atoms with E-state index in [9.17, 15) is 13.2 Å². The molecule has 2 aromatic rings. The number of benzene rings is 2. The number of hydrogen-bond acceptors (Lipinski definition) is 5. The summed E-state index contributed by atoms with van der Waals surface area (Å²) >= 11 is 0. The van der Waals surface area contributed by atoms with Crippen molar-refractivity contribution in [3.8, 4) is 11.5 Å². The van der Waals surface area contributed by atoms with E-state index in [0.717, 1.165) is 5.56 Å². The first kappa shape index (κ1) is 23.7. The monoisotopic (exact) mass is 434 g/mol. The highest BCUT2D eigenvalue weighted by Gasteiger charge is 2.17. The van der Waals surface area contributed by atoms with Gasteiger partial charge in [0.25, 0.3) is 5.91 Å². The van der Waals surface area contributed by atoms with E-state index < -0.39 is 10.0 Å². The minimum Gasteiger partial charge on any atom is -0.496 e. The molecule has 0 aliphatic rings. The Hall–Kier alpha value is -2.58. The number of carbonyl (C=O) groups excluding carboxylic acids is 1. The van der Waals surface area contributed by atoms with Gasteiger partial charge >= 0.3 is 0 Å². The number of methoxy groups -OCH3 is 1. The van der Waals surface area contributed by atoms with Crippen LogP contribution in [0.2, 0.25) is 0 Å². The lowest BCUT2D eigenvalue weighted by Crippen LogP contribution is -2.31. The van der Waals surface area contributed by atoms with Gasteiger partial charge in [-0.3, -0.25) is 4.79 Å². The van der Waals surface area contributed by atoms with Gasteiger partial charge in [-0.15, -0.1) is 0 Å². The molecule has 0 spiro atoms. The van der Waals surface area contributed by atoms with Gasteiger partial charge in [-0.05, 0) is 49.6 Å². The molecule has 0 heterocycles. The quantitative estimate of drug-likeness (QED) is 0.599. The zero-order chi connectivity index (χ0) is 22.3. The zero-order valence-corrected chi connectivity index (χ0v) is 18.9. The predicted molar refractivity (Wildman–Crippen MR) is 116 cm³/mol. The van der Waals surface area contributed by atoms with Crippen LogP contribution in [0.5, 0.6) is 11.5 Å². The van der Waals surface area contributed by atoms with Crippen LogP contribution in [0, 0.1) is 12.8 Å². The molecule has 2 rings (SSSR count). The predicted octanol–water partition coefficient (Wildman–Crippen LogP) is 3.19. The summed E-state index contributed by atoms with van der Waals surface area (Å²) in [6.07, 6.45) is 0. The van der Waals surface area contributed by atoms with Crippen molar-refractivity contribution in [3.63, 3.8) is 0 Å². The van der Waals surface area contributed by atoms with Gasteiger partial charge in [0.1, 0.15) is 11.5 Å². The number of hydrogen-bond donors (Lipinski definition) is 2. The van der Waals surface area contributed by atoms with Crippen LogP contribution in [0.3, 0.4) is 0 Å². The van der Waals surface area contributed by atoms with Crippen LogP contribution < -0.4 is 19.5 Å². The Morgan fingerprint density at radius 2 is 1.77 bits per heavy atom. The lowest BCUT2D eigenvalue weighted by Gasteiger charge is -2.18. The molecule has 0 aliphatic carbocycles. The summed E-state index contributed by atoms with van der Waals surface area (Å²) in [5.41, 5.74) is 1.50. The Bertz CT molecular complexity index is 973. The van der Waals surface area contributed by atoms with E-state index in [2.05, 4.69) is 10.0 Å². The molecule has 0 aliphatic heterocycles. The van der Waals surface area contributed by atoms with Crippen LogP contribution >= 0.6 is 0 Å². The van der Waals surface area contributed by atoms with Crippen molar-refractivity contribution < 1.29 is 22.7 Å². The Morgan fingerprint density at radius 3 is 2.40 bits per heavy atom. The van der Waals surface area contributed by atoms with E-state index >= 15 is 0 Å². The van der Waals surface area contributed by atoms with Gasteiger partial charge in [0.05, 0.1) is 18.0 Å². The molecule has 0 radical (unpaired) electrons. The lowest BCUT2D eigenvalue weighted by atomic mass is 10.1. The summed E-state index contributed by atoms with van der Waals surface area (Å²) in [6.45, 7) is 7.66. The maximum atomic E-state index is 12.3. The molecule has 0 fully saturated rings. The molecule has 8 heteroatoms. The number of carbonyl (C=O) groups is 1. The highest BCUT2D eigenvalue weighted by atomic mass is 32.2. The number of amides is 1. The van der Waals surface area contributed by atoms with Crippen molar-refractivity contribution in [2.45, 2.75) is 38.6 Å². The third-order valence-electron chi connectivity index (χ3n) is 4.48. The van der Waals surface area contributed by atoms with Crippen LogP contribution in [-0.2, 0) is 14.8 Å². The first-order valence-corrected chi connectivity index (χ1v) is 11.3. The highest BCUT2D eigenvalue weighted by molar-refractivity contribution is 7.89. The van der Waals surface area contributed by atoms with E-state index in [-0.39, 0.29) is 29.4 Å². The van der Waals surface area contributed by atoms with Crippen LogP contribution in [0.1, 0.15) is 37.9 Å². The van der Waals surface area contributed by atoms with Crippen LogP contribution in [0.4, 0.5) is 0 Å². The lowest BCUT2D eigenvalue weighted by molar-refractivity contribution is -0.123. The second kappa shape index (κ2) is 10.4. The largest absolute Gasteiger partial charge is 0.496 e. The van der Waals surface area contributed by atoms with E-state index in [0.29, 0.717) is 23.6 Å². The number of aryl methyl sites for hydroxylation is 1. The molecule has 2 N–H and O–H groups in total. The molecule has 1 amide bonds. The van der Waals surface area contributed by atoms with Crippen molar-refractivity contribution in [2.75, 3.05) is 20.3 Å². The summed E-state index contributed by atoms with van der Waals surface area (Å²) in [5, 5.41) is 2.87. The fraction of sp³-hybridized carbons (Fsp3) is 0.409. The van der Waals surface area contributed by atoms with Gasteiger partial charge in [0, 0.05) is 12.1 Å². The topological polar surface area (TPSA) is 93.7 Å². The average Bonchev–Trinajstić information content (AvgIpc) is 2.71. The van der Waals surface area contributed by atoms with E-state index in [1.165, 1.54) is 12.1 Å². The molecule has 0 aromatic heterocycles. The van der Waals surface area contributed by atoms with E-state index in [4.69, 9.17) is 9.47 Å². The van der Waals surface area contributed by atoms with Crippen LogP contribution in [0.15, 0.2) is 47.4 Å². The molecule has 0 saturated carbocycles. The van der Waals surface area contributed by atoms with Gasteiger partial charge in [0.2, 0.25) is 10.0 Å². The van der Waals surface area contributed by atoms with Crippen LogP contribution in [-0.4, -0.2) is 34.6 Å². The maximum Gasteiger partial charge on any atom is 0.258 e. The molecule has 1 atom stereocenters. The van der Waals surface area contributed by atoms with Gasteiger partial charge < -0.3 is 14.8 Å². The molecule has 164 valence electrons. The number of ether oxygens (including phenoxy) is 2. The van der Waals surface area contributed by atoms with Crippen molar-refractivity contribution in [1.29, 1.82) is 0 Å². The summed E-state index contributed by atoms with van der Waals surface area (Å²) in [5.74, 6) is 1.08. The number of sulfonamides is 1. The molecular weight excluding hydrogens is 404 g/mol. The van der Waals surface area contributed by atoms with Gasteiger partial charge in [-0.1, -0.05) is 32.0 Å². The minimum absolute atomic E-state index is 0.169. The SMILES string of the molecule is COc1ccccc1C(C)NC(=O)COc1ccc(S(=O)(=O)NCC(C)C)cc1C. The standard InChI is InChI=1S/C22H30N2O5S/c1-15(2)13-23-30(26,27)18-10-11-20(16(3)12-18)29-14-22(25)24-17(4)19-8-6-7-9-21(19)28-5/h6-12,15,17,23H,13-14H2,1-5H3,(H,24,25). The fourth-order valence-corrected chi connectivity index (χ4v) is 4.14. The van der Waals surface area contributed by atoms with Gasteiger partial charge in [-0.25, -0.2) is 13.1 Å². The van der Waals surface area contributed by atoms with Crippen molar-refractivity contribution in [2.24, 2.45) is 5.92 Å². The number of rotatable bonds is 10. The Kier molecular flexibility index (Phi) is 8.25. The second-order valence-corrected chi connectivity index (χ2v) is 9.26. The van der Waals surface area contributed by atoms with Crippen molar-refractivity contribution in [3.05, 3.63) is 53.6 Å². The first-order valence-electron chi connectivity index (χ1n) is 9.79. The minimum atomic E-state index is -3.58. The molecular formula is C22H30N2O5S. The molecule has 2 aromatic carbocycles. The normalized spacial score (nSPS) is 12.5. The highest BCUT2D eigenvalue weighted by Crippen LogP contribution is 2.25. The first-order chi connectivity index (χ1) is 14.1. The smallest absolute Gasteiger partial charge is 0.258 e. The second-order valence-electron chi connectivity index (χ2n) is 7.49. The molecule has 0 saturated heterocycles. The number of para-hydroxylation sites is 1. The molecule has 1 unspecified atom stereocenters. The third-order valence-corrected chi connectivity index (χ3v) is 5.90. The zero-order valence-electron chi connectivity index (χ0n) is 18.1. The van der Waals surface area contributed by atoms with E-state index in [1.807, 2.05) is 45.0 Å². The van der Waals surface area contributed by atoms with E-state index in [1.54, 1.807) is 20.1 Å². The third kappa shape index (κ3) is 6.47.